The van der Waals surface area contributed by atoms with Crippen LogP contribution in [-0.4, -0.2) is 6.71 Å². The van der Waals surface area contributed by atoms with Gasteiger partial charge in [-0.15, -0.1) is 0 Å². The highest BCUT2D eigenvalue weighted by atomic mass is 16.5. The maximum Gasteiger partial charge on any atom is 0.252 e. The van der Waals surface area contributed by atoms with Gasteiger partial charge in [0.25, 0.3) is 6.71 Å². The van der Waals surface area contributed by atoms with Gasteiger partial charge in [0.15, 0.2) is 0 Å². The average Bonchev–Trinajstić information content (AvgIpc) is 2.75. The maximum absolute atomic E-state index is 9.70. The van der Waals surface area contributed by atoms with Crippen molar-refractivity contribution in [3.8, 4) is 28.7 Å². The highest BCUT2D eigenvalue weighted by molar-refractivity contribution is 7.00. The molecule has 0 radical (unpaired) electrons. The van der Waals surface area contributed by atoms with Crippen molar-refractivity contribution in [3.63, 3.8) is 0 Å². The molecule has 30 heavy (non-hydrogen) atoms. The van der Waals surface area contributed by atoms with Gasteiger partial charge in [-0.2, -0.15) is 5.26 Å². The Hall–Kier alpha value is -3.51. The van der Waals surface area contributed by atoms with E-state index in [2.05, 4.69) is 87.5 Å². The van der Waals surface area contributed by atoms with Crippen LogP contribution >= 0.6 is 0 Å². The van der Waals surface area contributed by atoms with Crippen LogP contribution in [0.5, 0.6) is 11.5 Å². The van der Waals surface area contributed by atoms with E-state index >= 15 is 0 Å². The standard InChI is InChI=1S/C27H20BNO/c1-27(2,3)17-11-13-23-22(14-17)28-21-8-4-6-18-16(15-29)10-12-19(25(18)21)20-7-5-9-24(30-23)26(20)28/h4-14H,1-3H3. The highest BCUT2D eigenvalue weighted by Gasteiger charge is 2.39. The summed E-state index contributed by atoms with van der Waals surface area (Å²) in [5.74, 6) is 1.86. The van der Waals surface area contributed by atoms with Crippen LogP contribution in [0.15, 0.2) is 66.7 Å². The first kappa shape index (κ1) is 17.4. The van der Waals surface area contributed by atoms with E-state index in [0.29, 0.717) is 0 Å². The zero-order valence-electron chi connectivity index (χ0n) is 17.3. The average molecular weight is 385 g/mol. The Morgan fingerprint density at radius 2 is 1.67 bits per heavy atom. The van der Waals surface area contributed by atoms with Crippen molar-refractivity contribution in [2.24, 2.45) is 0 Å². The van der Waals surface area contributed by atoms with E-state index in [9.17, 15) is 5.26 Å². The molecule has 0 aliphatic carbocycles. The van der Waals surface area contributed by atoms with Crippen LogP contribution in [0, 0.1) is 11.3 Å². The smallest absolute Gasteiger partial charge is 0.252 e. The Labute approximate surface area is 176 Å². The summed E-state index contributed by atoms with van der Waals surface area (Å²) >= 11 is 0. The zero-order valence-corrected chi connectivity index (χ0v) is 17.3. The Kier molecular flexibility index (Phi) is 3.34. The van der Waals surface area contributed by atoms with E-state index in [-0.39, 0.29) is 12.1 Å². The van der Waals surface area contributed by atoms with E-state index in [4.69, 9.17) is 4.74 Å². The number of nitrogens with zero attached hydrogens (tertiary/aromatic N) is 1. The number of ether oxygens (including phenoxy) is 1. The molecule has 0 aromatic heterocycles. The van der Waals surface area contributed by atoms with Gasteiger partial charge in [-0.05, 0) is 62.0 Å². The van der Waals surface area contributed by atoms with Crippen molar-refractivity contribution >= 4 is 33.9 Å². The number of nitriles is 1. The Bertz CT molecular complexity index is 1420. The predicted octanol–water partition coefficient (Wildman–Crippen LogP) is 4.61. The minimum Gasteiger partial charge on any atom is -0.458 e. The van der Waals surface area contributed by atoms with E-state index in [1.54, 1.807) is 0 Å². The van der Waals surface area contributed by atoms with Crippen LogP contribution in [0.1, 0.15) is 31.9 Å². The first-order valence-electron chi connectivity index (χ1n) is 10.4. The van der Waals surface area contributed by atoms with Gasteiger partial charge in [-0.3, -0.25) is 0 Å². The van der Waals surface area contributed by atoms with E-state index < -0.39 is 0 Å². The molecule has 4 aromatic carbocycles. The van der Waals surface area contributed by atoms with Crippen LogP contribution in [-0.2, 0) is 5.41 Å². The maximum atomic E-state index is 9.70. The predicted molar refractivity (Wildman–Crippen MR) is 124 cm³/mol. The number of rotatable bonds is 0. The summed E-state index contributed by atoms with van der Waals surface area (Å²) in [6.07, 6.45) is 0. The van der Waals surface area contributed by atoms with Gasteiger partial charge < -0.3 is 4.74 Å². The zero-order chi connectivity index (χ0) is 20.6. The van der Waals surface area contributed by atoms with Crippen molar-refractivity contribution in [3.05, 3.63) is 77.9 Å². The minimum absolute atomic E-state index is 0.0569. The number of hydrogen-bond acceptors (Lipinski definition) is 2. The molecule has 6 rings (SSSR count). The second kappa shape index (κ2) is 5.77. The van der Waals surface area contributed by atoms with Gasteiger partial charge in [0, 0.05) is 0 Å². The normalized spacial score (nSPS) is 13.3. The van der Waals surface area contributed by atoms with Crippen LogP contribution in [0.25, 0.3) is 21.9 Å². The molecule has 2 aliphatic heterocycles. The molecule has 0 saturated heterocycles. The summed E-state index contributed by atoms with van der Waals surface area (Å²) < 4.78 is 6.40. The molecule has 0 N–H and O–H groups in total. The molecule has 0 saturated carbocycles. The fourth-order valence-electron chi connectivity index (χ4n) is 5.09. The second-order valence-electron chi connectivity index (χ2n) is 9.30. The van der Waals surface area contributed by atoms with Gasteiger partial charge in [-0.25, -0.2) is 0 Å². The lowest BCUT2D eigenvalue weighted by molar-refractivity contribution is 0.486. The van der Waals surface area contributed by atoms with Gasteiger partial charge in [0.05, 0.1) is 11.6 Å². The molecule has 4 aromatic rings. The SMILES string of the molecule is CC(C)(C)c1ccc2c(c1)B1c3c(cccc3-c3ccc(C#N)c4cccc1c34)O2. The quantitative estimate of drug-likeness (QED) is 0.358. The molecule has 0 fully saturated rings. The summed E-state index contributed by atoms with van der Waals surface area (Å²) in [6.45, 7) is 6.84. The van der Waals surface area contributed by atoms with E-state index in [0.717, 1.165) is 22.4 Å². The second-order valence-corrected chi connectivity index (χ2v) is 9.30. The van der Waals surface area contributed by atoms with Gasteiger partial charge in [0.2, 0.25) is 0 Å². The summed E-state index contributed by atoms with van der Waals surface area (Å²) in [7, 11) is 0. The molecule has 2 nitrogen and oxygen atoms in total. The van der Waals surface area contributed by atoms with Crippen molar-refractivity contribution in [2.75, 3.05) is 0 Å². The molecule has 0 unspecified atom stereocenters. The molecule has 3 heteroatoms. The van der Waals surface area contributed by atoms with Crippen LogP contribution in [0.2, 0.25) is 0 Å². The molecule has 0 bridgehead atoms. The summed E-state index contributed by atoms with van der Waals surface area (Å²) in [5.41, 5.74) is 8.19. The fraction of sp³-hybridized carbons (Fsp3) is 0.148. The first-order valence-corrected chi connectivity index (χ1v) is 10.4. The third-order valence-electron chi connectivity index (χ3n) is 6.56. The lowest BCUT2D eigenvalue weighted by atomic mass is 9.32. The largest absolute Gasteiger partial charge is 0.458 e. The van der Waals surface area contributed by atoms with Crippen LogP contribution in [0.4, 0.5) is 0 Å². The molecule has 2 heterocycles. The molecule has 2 aliphatic rings. The van der Waals surface area contributed by atoms with Crippen LogP contribution < -0.4 is 21.1 Å². The molecule has 142 valence electrons. The molecule has 0 spiro atoms. The first-order chi connectivity index (χ1) is 14.5. The van der Waals surface area contributed by atoms with Crippen molar-refractivity contribution in [1.29, 1.82) is 5.26 Å². The lowest BCUT2D eigenvalue weighted by Gasteiger charge is -2.34. The molecular weight excluding hydrogens is 365 g/mol. The van der Waals surface area contributed by atoms with Crippen molar-refractivity contribution < 1.29 is 4.74 Å². The van der Waals surface area contributed by atoms with Gasteiger partial charge >= 0.3 is 0 Å². The number of benzene rings is 4. The Balaban J connectivity index is 1.76. The Morgan fingerprint density at radius 3 is 2.47 bits per heavy atom. The van der Waals surface area contributed by atoms with Crippen molar-refractivity contribution in [1.82, 2.24) is 0 Å². The molecule has 0 atom stereocenters. The van der Waals surface area contributed by atoms with Gasteiger partial charge in [0.1, 0.15) is 11.5 Å². The molecular formula is C27H20BNO. The van der Waals surface area contributed by atoms with Crippen LogP contribution in [0.3, 0.4) is 0 Å². The summed E-state index contributed by atoms with van der Waals surface area (Å²) in [6, 6.07) is 25.7. The minimum atomic E-state index is 0.0569. The topological polar surface area (TPSA) is 33.0 Å². The third kappa shape index (κ3) is 2.19. The Morgan fingerprint density at radius 1 is 0.833 bits per heavy atom. The number of hydrogen-bond donors (Lipinski definition) is 0. The number of fused-ring (bicyclic) bond motifs is 4. The monoisotopic (exact) mass is 385 g/mol. The summed E-state index contributed by atoms with van der Waals surface area (Å²) in [4.78, 5) is 0. The fourth-order valence-corrected chi connectivity index (χ4v) is 5.09. The third-order valence-corrected chi connectivity index (χ3v) is 6.56. The lowest BCUT2D eigenvalue weighted by Crippen LogP contribution is -2.57. The molecule has 0 amide bonds. The summed E-state index contributed by atoms with van der Waals surface area (Å²) in [5, 5.41) is 11.9. The van der Waals surface area contributed by atoms with Gasteiger partial charge in [-0.1, -0.05) is 74.8 Å². The highest BCUT2D eigenvalue weighted by Crippen LogP contribution is 2.38. The van der Waals surface area contributed by atoms with E-state index in [1.165, 1.54) is 38.5 Å². The van der Waals surface area contributed by atoms with E-state index in [1.807, 2.05) is 6.07 Å². The van der Waals surface area contributed by atoms with Crippen molar-refractivity contribution in [2.45, 2.75) is 26.2 Å².